The maximum Gasteiger partial charge on any atom is 0.0731 e. The third-order valence-corrected chi connectivity index (χ3v) is 3.87. The molecular formula is C14H19N3O. The summed E-state index contributed by atoms with van der Waals surface area (Å²) < 4.78 is 1.90. The summed E-state index contributed by atoms with van der Waals surface area (Å²) in [5.74, 6) is 0. The van der Waals surface area contributed by atoms with Crippen LogP contribution in [0.2, 0.25) is 0 Å². The summed E-state index contributed by atoms with van der Waals surface area (Å²) in [6, 6.07) is 8.20. The van der Waals surface area contributed by atoms with Crippen LogP contribution in [0.1, 0.15) is 18.5 Å². The summed E-state index contributed by atoms with van der Waals surface area (Å²) in [6.45, 7) is 1.78. The third kappa shape index (κ3) is 2.02. The standard InChI is InChI=1S/C14H19N3O/c1-17-13-5-3-2-4-11(13)12(16-17)10-14(18)6-8-15-9-7-14/h2-5,15,18H,6-10H2,1H3. The highest BCUT2D eigenvalue weighted by Gasteiger charge is 2.30. The van der Waals surface area contributed by atoms with Gasteiger partial charge in [0.1, 0.15) is 0 Å². The van der Waals surface area contributed by atoms with Gasteiger partial charge in [-0.2, -0.15) is 5.10 Å². The molecule has 96 valence electrons. The minimum Gasteiger partial charge on any atom is -0.389 e. The van der Waals surface area contributed by atoms with Crippen molar-refractivity contribution < 1.29 is 5.11 Å². The number of para-hydroxylation sites is 1. The van der Waals surface area contributed by atoms with E-state index in [0.29, 0.717) is 6.42 Å². The number of hydrogen-bond donors (Lipinski definition) is 2. The fraction of sp³-hybridized carbons (Fsp3) is 0.500. The number of aromatic nitrogens is 2. The van der Waals surface area contributed by atoms with Crippen molar-refractivity contribution in [3.8, 4) is 0 Å². The average Bonchev–Trinajstić information content (AvgIpc) is 2.67. The van der Waals surface area contributed by atoms with E-state index >= 15 is 0 Å². The quantitative estimate of drug-likeness (QED) is 0.836. The second-order valence-electron chi connectivity index (χ2n) is 5.24. The molecule has 0 spiro atoms. The molecule has 2 heterocycles. The topological polar surface area (TPSA) is 50.1 Å². The number of hydrogen-bond acceptors (Lipinski definition) is 3. The number of benzene rings is 1. The van der Waals surface area contributed by atoms with Gasteiger partial charge in [0.15, 0.2) is 0 Å². The fourth-order valence-corrected chi connectivity index (χ4v) is 2.80. The molecule has 0 unspecified atom stereocenters. The van der Waals surface area contributed by atoms with Crippen molar-refractivity contribution in [3.05, 3.63) is 30.0 Å². The average molecular weight is 245 g/mol. The molecule has 0 aliphatic carbocycles. The van der Waals surface area contributed by atoms with E-state index in [9.17, 15) is 5.11 Å². The molecule has 1 fully saturated rings. The smallest absolute Gasteiger partial charge is 0.0731 e. The molecule has 1 saturated heterocycles. The molecule has 4 nitrogen and oxygen atoms in total. The molecule has 1 aromatic heterocycles. The van der Waals surface area contributed by atoms with Crippen LogP contribution in [0.25, 0.3) is 10.9 Å². The largest absolute Gasteiger partial charge is 0.389 e. The first-order valence-corrected chi connectivity index (χ1v) is 6.52. The molecule has 1 aliphatic rings. The van der Waals surface area contributed by atoms with Gasteiger partial charge >= 0.3 is 0 Å². The lowest BCUT2D eigenvalue weighted by atomic mass is 9.87. The lowest BCUT2D eigenvalue weighted by Gasteiger charge is -2.32. The lowest BCUT2D eigenvalue weighted by molar-refractivity contribution is 0.0102. The van der Waals surface area contributed by atoms with Crippen LogP contribution in [-0.4, -0.2) is 33.6 Å². The Kier molecular flexibility index (Phi) is 2.84. The Morgan fingerprint density at radius 1 is 1.33 bits per heavy atom. The predicted octanol–water partition coefficient (Wildman–Crippen LogP) is 1.23. The van der Waals surface area contributed by atoms with Crippen molar-refractivity contribution in [2.75, 3.05) is 13.1 Å². The highest BCUT2D eigenvalue weighted by atomic mass is 16.3. The van der Waals surface area contributed by atoms with E-state index in [1.54, 1.807) is 0 Å². The molecule has 18 heavy (non-hydrogen) atoms. The summed E-state index contributed by atoms with van der Waals surface area (Å²) in [5, 5.41) is 19.6. The van der Waals surface area contributed by atoms with Crippen LogP contribution in [0.4, 0.5) is 0 Å². The second kappa shape index (κ2) is 4.37. The maximum atomic E-state index is 10.6. The minimum absolute atomic E-state index is 0.595. The fourth-order valence-electron chi connectivity index (χ4n) is 2.80. The molecule has 1 aliphatic heterocycles. The summed E-state index contributed by atoms with van der Waals surface area (Å²) in [7, 11) is 1.96. The molecule has 1 aromatic carbocycles. The molecule has 0 atom stereocenters. The van der Waals surface area contributed by atoms with Gasteiger partial charge in [0.05, 0.1) is 16.8 Å². The van der Waals surface area contributed by atoms with Crippen LogP contribution in [0.15, 0.2) is 24.3 Å². The van der Waals surface area contributed by atoms with Crippen molar-refractivity contribution in [3.63, 3.8) is 0 Å². The highest BCUT2D eigenvalue weighted by molar-refractivity contribution is 5.81. The molecule has 4 heteroatoms. The first-order chi connectivity index (χ1) is 8.68. The SMILES string of the molecule is Cn1nc(CC2(O)CCNCC2)c2ccccc21. The van der Waals surface area contributed by atoms with Gasteiger partial charge in [-0.3, -0.25) is 4.68 Å². The van der Waals surface area contributed by atoms with Crippen molar-refractivity contribution in [2.24, 2.45) is 7.05 Å². The number of nitrogens with one attached hydrogen (secondary N) is 1. The molecule has 3 rings (SSSR count). The number of aryl methyl sites for hydroxylation is 1. The van der Waals surface area contributed by atoms with Crippen LogP contribution >= 0.6 is 0 Å². The summed E-state index contributed by atoms with van der Waals surface area (Å²) in [5.41, 5.74) is 1.55. The maximum absolute atomic E-state index is 10.6. The number of nitrogens with zero attached hydrogens (tertiary/aromatic N) is 2. The van der Waals surface area contributed by atoms with Gasteiger partial charge in [0, 0.05) is 18.9 Å². The number of aliphatic hydroxyl groups is 1. The van der Waals surface area contributed by atoms with E-state index < -0.39 is 5.60 Å². The predicted molar refractivity (Wildman–Crippen MR) is 71.5 cm³/mol. The van der Waals surface area contributed by atoms with Gasteiger partial charge < -0.3 is 10.4 Å². The van der Waals surface area contributed by atoms with Crippen LogP contribution in [0.5, 0.6) is 0 Å². The zero-order valence-electron chi connectivity index (χ0n) is 10.7. The first-order valence-electron chi connectivity index (χ1n) is 6.52. The molecule has 2 N–H and O–H groups in total. The molecule has 0 saturated carbocycles. The Labute approximate surface area is 107 Å². The van der Waals surface area contributed by atoms with Crippen molar-refractivity contribution in [2.45, 2.75) is 24.9 Å². The molecule has 2 aromatic rings. The Bertz CT molecular complexity index is 555. The number of piperidine rings is 1. The lowest BCUT2D eigenvalue weighted by Crippen LogP contribution is -2.43. The Morgan fingerprint density at radius 3 is 2.83 bits per heavy atom. The van der Waals surface area contributed by atoms with Gasteiger partial charge in [-0.25, -0.2) is 0 Å². The summed E-state index contributed by atoms with van der Waals surface area (Å²) in [4.78, 5) is 0. The van der Waals surface area contributed by atoms with E-state index in [1.165, 1.54) is 0 Å². The van der Waals surface area contributed by atoms with E-state index in [4.69, 9.17) is 0 Å². The first kappa shape index (κ1) is 11.7. The van der Waals surface area contributed by atoms with Crippen LogP contribution < -0.4 is 5.32 Å². The Morgan fingerprint density at radius 2 is 2.06 bits per heavy atom. The molecule has 0 radical (unpaired) electrons. The molecule has 0 bridgehead atoms. The van der Waals surface area contributed by atoms with E-state index in [0.717, 1.165) is 42.5 Å². The van der Waals surface area contributed by atoms with Crippen LogP contribution in [0, 0.1) is 0 Å². The summed E-state index contributed by atoms with van der Waals surface area (Å²) in [6.07, 6.45) is 2.26. The van der Waals surface area contributed by atoms with E-state index in [2.05, 4.69) is 22.5 Å². The summed E-state index contributed by atoms with van der Waals surface area (Å²) >= 11 is 0. The van der Waals surface area contributed by atoms with Crippen molar-refractivity contribution >= 4 is 10.9 Å². The van der Waals surface area contributed by atoms with Crippen LogP contribution in [0.3, 0.4) is 0 Å². The number of fused-ring (bicyclic) bond motifs is 1. The monoisotopic (exact) mass is 245 g/mol. The van der Waals surface area contributed by atoms with E-state index in [1.807, 2.05) is 23.9 Å². The normalized spacial score (nSPS) is 19.2. The zero-order valence-corrected chi connectivity index (χ0v) is 10.7. The molecule has 0 amide bonds. The number of rotatable bonds is 2. The van der Waals surface area contributed by atoms with Crippen molar-refractivity contribution in [1.29, 1.82) is 0 Å². The minimum atomic E-state index is -0.595. The van der Waals surface area contributed by atoms with Gasteiger partial charge in [-0.05, 0) is 32.0 Å². The van der Waals surface area contributed by atoms with E-state index in [-0.39, 0.29) is 0 Å². The zero-order chi connectivity index (χ0) is 12.6. The van der Waals surface area contributed by atoms with Gasteiger partial charge in [0.2, 0.25) is 0 Å². The van der Waals surface area contributed by atoms with Gasteiger partial charge in [0.25, 0.3) is 0 Å². The van der Waals surface area contributed by atoms with Gasteiger partial charge in [-0.1, -0.05) is 18.2 Å². The van der Waals surface area contributed by atoms with Crippen LogP contribution in [-0.2, 0) is 13.5 Å². The molecular weight excluding hydrogens is 226 g/mol. The Hall–Kier alpha value is -1.39. The van der Waals surface area contributed by atoms with Crippen molar-refractivity contribution in [1.82, 2.24) is 15.1 Å². The third-order valence-electron chi connectivity index (χ3n) is 3.87. The second-order valence-corrected chi connectivity index (χ2v) is 5.24. The Balaban J connectivity index is 1.95. The van der Waals surface area contributed by atoms with Gasteiger partial charge in [-0.15, -0.1) is 0 Å². The highest BCUT2D eigenvalue weighted by Crippen LogP contribution is 2.26.